The summed E-state index contributed by atoms with van der Waals surface area (Å²) in [5.41, 5.74) is 2.01. The predicted octanol–water partition coefficient (Wildman–Crippen LogP) is 0.852. The Bertz CT molecular complexity index is 676. The van der Waals surface area contributed by atoms with Crippen molar-refractivity contribution in [1.82, 2.24) is 14.7 Å². The molecule has 0 N–H and O–H groups in total. The van der Waals surface area contributed by atoms with Gasteiger partial charge >= 0.3 is 0 Å². The van der Waals surface area contributed by atoms with Crippen LogP contribution in [0.2, 0.25) is 0 Å². The minimum absolute atomic E-state index is 0.0327. The Labute approximate surface area is 125 Å². The highest BCUT2D eigenvalue weighted by molar-refractivity contribution is 7.91. The first-order valence-electron chi connectivity index (χ1n) is 6.89. The molecule has 1 fully saturated rings. The van der Waals surface area contributed by atoms with Gasteiger partial charge in [0.25, 0.3) is 5.91 Å². The number of carbonyl (C=O) groups excluding carboxylic acids is 1. The molecule has 21 heavy (non-hydrogen) atoms. The molecule has 1 aliphatic rings. The molecule has 2 heterocycles. The largest absolute Gasteiger partial charge is 0.331 e. The number of carbonyl (C=O) groups is 1. The Balaban J connectivity index is 2.34. The number of amides is 1. The van der Waals surface area contributed by atoms with E-state index in [0.717, 1.165) is 5.69 Å². The average Bonchev–Trinajstić information content (AvgIpc) is 2.86. The summed E-state index contributed by atoms with van der Waals surface area (Å²) in [6.07, 6.45) is 2.12. The maximum absolute atomic E-state index is 12.8. The van der Waals surface area contributed by atoms with Crippen molar-refractivity contribution >= 4 is 15.7 Å². The summed E-state index contributed by atoms with van der Waals surface area (Å²) in [5.74, 6) is 0.00856. The van der Waals surface area contributed by atoms with Crippen LogP contribution in [0.3, 0.4) is 0 Å². The molecule has 0 aliphatic carbocycles. The van der Waals surface area contributed by atoms with Gasteiger partial charge in [-0.05, 0) is 20.3 Å². The maximum Gasteiger partial charge on any atom is 0.258 e. The first kappa shape index (κ1) is 15.8. The second-order valence-electron chi connectivity index (χ2n) is 5.47. The Morgan fingerprint density at radius 3 is 2.62 bits per heavy atom. The highest BCUT2D eigenvalue weighted by Crippen LogP contribution is 2.22. The Morgan fingerprint density at radius 2 is 2.19 bits per heavy atom. The van der Waals surface area contributed by atoms with Crippen molar-refractivity contribution in [3.63, 3.8) is 0 Å². The van der Waals surface area contributed by atoms with Gasteiger partial charge in [0.15, 0.2) is 9.84 Å². The number of aromatic nitrogens is 2. The molecule has 1 saturated heterocycles. The summed E-state index contributed by atoms with van der Waals surface area (Å²) in [7, 11) is -1.25. The normalized spacial score (nSPS) is 20.4. The third-order valence-electron chi connectivity index (χ3n) is 3.96. The second-order valence-corrected chi connectivity index (χ2v) is 7.70. The SMILES string of the molecule is C=CCN(C(=O)c1c(C)nn(C)c1C)C1CCS(=O)(=O)C1. The summed E-state index contributed by atoms with van der Waals surface area (Å²) in [5, 5.41) is 4.25. The molecular weight excluding hydrogens is 290 g/mol. The molecule has 7 heteroatoms. The lowest BCUT2D eigenvalue weighted by molar-refractivity contribution is 0.0719. The molecule has 6 nitrogen and oxygen atoms in total. The molecule has 1 aliphatic heterocycles. The lowest BCUT2D eigenvalue weighted by Crippen LogP contribution is -2.41. The molecule has 2 rings (SSSR count). The summed E-state index contributed by atoms with van der Waals surface area (Å²) in [4.78, 5) is 14.4. The molecule has 116 valence electrons. The van der Waals surface area contributed by atoms with Gasteiger partial charge in [0.05, 0.1) is 22.8 Å². The quantitative estimate of drug-likeness (QED) is 0.773. The van der Waals surface area contributed by atoms with E-state index in [4.69, 9.17) is 0 Å². The van der Waals surface area contributed by atoms with Crippen molar-refractivity contribution in [3.05, 3.63) is 29.6 Å². The van der Waals surface area contributed by atoms with Crippen molar-refractivity contribution in [2.75, 3.05) is 18.1 Å². The number of hydrogen-bond donors (Lipinski definition) is 0. The van der Waals surface area contributed by atoms with E-state index in [9.17, 15) is 13.2 Å². The van der Waals surface area contributed by atoms with Crippen LogP contribution in [-0.4, -0.2) is 53.1 Å². The molecule has 1 unspecified atom stereocenters. The highest BCUT2D eigenvalue weighted by atomic mass is 32.2. The molecule has 1 aromatic rings. The summed E-state index contributed by atoms with van der Waals surface area (Å²) >= 11 is 0. The zero-order chi connectivity index (χ0) is 15.8. The summed E-state index contributed by atoms with van der Waals surface area (Å²) in [6, 6.07) is -0.278. The second kappa shape index (κ2) is 5.63. The zero-order valence-corrected chi connectivity index (χ0v) is 13.5. The van der Waals surface area contributed by atoms with Crippen LogP contribution >= 0.6 is 0 Å². The Kier molecular flexibility index (Phi) is 4.22. The first-order chi connectivity index (χ1) is 9.76. The fourth-order valence-corrected chi connectivity index (χ4v) is 4.52. The van der Waals surface area contributed by atoms with E-state index in [0.29, 0.717) is 24.2 Å². The molecule has 1 atom stereocenters. The van der Waals surface area contributed by atoms with Gasteiger partial charge in [-0.15, -0.1) is 6.58 Å². The van der Waals surface area contributed by atoms with E-state index < -0.39 is 9.84 Å². The van der Waals surface area contributed by atoms with Gasteiger partial charge in [0, 0.05) is 25.3 Å². The zero-order valence-electron chi connectivity index (χ0n) is 12.7. The lowest BCUT2D eigenvalue weighted by Gasteiger charge is -2.27. The Morgan fingerprint density at radius 1 is 1.52 bits per heavy atom. The van der Waals surface area contributed by atoms with Crippen LogP contribution in [0.15, 0.2) is 12.7 Å². The van der Waals surface area contributed by atoms with E-state index in [1.165, 1.54) is 0 Å². The van der Waals surface area contributed by atoms with Crippen molar-refractivity contribution in [2.24, 2.45) is 7.05 Å². The average molecular weight is 311 g/mol. The van der Waals surface area contributed by atoms with Gasteiger partial charge < -0.3 is 4.90 Å². The minimum Gasteiger partial charge on any atom is -0.331 e. The van der Waals surface area contributed by atoms with Crippen molar-refractivity contribution in [2.45, 2.75) is 26.3 Å². The van der Waals surface area contributed by atoms with Crippen LogP contribution in [0.1, 0.15) is 28.2 Å². The van der Waals surface area contributed by atoms with Gasteiger partial charge in [0.2, 0.25) is 0 Å². The van der Waals surface area contributed by atoms with Crippen molar-refractivity contribution in [1.29, 1.82) is 0 Å². The van der Waals surface area contributed by atoms with Crippen LogP contribution in [0.4, 0.5) is 0 Å². The number of nitrogens with zero attached hydrogens (tertiary/aromatic N) is 3. The standard InChI is InChI=1S/C14H21N3O3S/c1-5-7-17(12-6-8-21(19,20)9-12)14(18)13-10(2)15-16(4)11(13)3/h5,12H,1,6-9H2,2-4H3. The van der Waals surface area contributed by atoms with Gasteiger partial charge in [0.1, 0.15) is 0 Å². The molecule has 0 aromatic carbocycles. The van der Waals surface area contributed by atoms with E-state index in [1.807, 2.05) is 6.92 Å². The topological polar surface area (TPSA) is 72.3 Å². The molecule has 1 aromatic heterocycles. The van der Waals surface area contributed by atoms with Crippen LogP contribution in [0.25, 0.3) is 0 Å². The van der Waals surface area contributed by atoms with Crippen LogP contribution in [0.5, 0.6) is 0 Å². The third kappa shape index (κ3) is 3.02. The number of rotatable bonds is 4. The van der Waals surface area contributed by atoms with Crippen molar-refractivity contribution in [3.8, 4) is 0 Å². The molecule has 0 radical (unpaired) electrons. The van der Waals surface area contributed by atoms with Gasteiger partial charge in [-0.3, -0.25) is 9.48 Å². The number of aryl methyl sites for hydroxylation is 2. The van der Waals surface area contributed by atoms with Crippen LogP contribution in [0, 0.1) is 13.8 Å². The van der Waals surface area contributed by atoms with Gasteiger partial charge in [-0.1, -0.05) is 6.08 Å². The molecule has 1 amide bonds. The molecule has 0 bridgehead atoms. The van der Waals surface area contributed by atoms with Crippen LogP contribution in [-0.2, 0) is 16.9 Å². The Hall–Kier alpha value is -1.63. The van der Waals surface area contributed by atoms with Gasteiger partial charge in [-0.2, -0.15) is 5.10 Å². The molecule has 0 saturated carbocycles. The van der Waals surface area contributed by atoms with Crippen LogP contribution < -0.4 is 0 Å². The maximum atomic E-state index is 12.8. The molecule has 0 spiro atoms. The molecular formula is C14H21N3O3S. The first-order valence-corrected chi connectivity index (χ1v) is 8.71. The smallest absolute Gasteiger partial charge is 0.258 e. The van der Waals surface area contributed by atoms with E-state index in [1.54, 1.807) is 29.6 Å². The highest BCUT2D eigenvalue weighted by Gasteiger charge is 2.35. The van der Waals surface area contributed by atoms with E-state index in [-0.39, 0.29) is 23.5 Å². The predicted molar refractivity (Wildman–Crippen MR) is 81.0 cm³/mol. The monoisotopic (exact) mass is 311 g/mol. The number of hydrogen-bond acceptors (Lipinski definition) is 4. The van der Waals surface area contributed by atoms with E-state index in [2.05, 4.69) is 11.7 Å². The van der Waals surface area contributed by atoms with Gasteiger partial charge in [-0.25, -0.2) is 8.42 Å². The number of sulfone groups is 1. The third-order valence-corrected chi connectivity index (χ3v) is 5.71. The minimum atomic E-state index is -3.04. The van der Waals surface area contributed by atoms with Crippen molar-refractivity contribution < 1.29 is 13.2 Å². The summed E-state index contributed by atoms with van der Waals surface area (Å²) in [6.45, 7) is 7.64. The lowest BCUT2D eigenvalue weighted by atomic mass is 10.1. The summed E-state index contributed by atoms with van der Waals surface area (Å²) < 4.78 is 25.0. The van der Waals surface area contributed by atoms with E-state index >= 15 is 0 Å². The fraction of sp³-hybridized carbons (Fsp3) is 0.571. The fourth-order valence-electron chi connectivity index (χ4n) is 2.78.